The van der Waals surface area contributed by atoms with Crippen molar-refractivity contribution in [3.05, 3.63) is 24.2 Å². The van der Waals surface area contributed by atoms with Gasteiger partial charge in [-0.2, -0.15) is 13.2 Å². The number of rotatable bonds is 5. The Morgan fingerprint density at radius 3 is 2.50 bits per heavy atom. The number of nitrogens with one attached hydrogen (secondary N) is 1. The molecule has 0 amide bonds. The van der Waals surface area contributed by atoms with Gasteiger partial charge in [-0.15, -0.1) is 0 Å². The van der Waals surface area contributed by atoms with Crippen LogP contribution < -0.4 is 5.32 Å². The topological polar surface area (TPSA) is 25.2 Å². The average Bonchev–Trinajstić information content (AvgIpc) is 2.51. The molecule has 0 spiro atoms. The van der Waals surface area contributed by atoms with Gasteiger partial charge in [-0.3, -0.25) is 0 Å². The van der Waals surface area contributed by atoms with E-state index in [0.717, 1.165) is 5.76 Å². The summed E-state index contributed by atoms with van der Waals surface area (Å²) < 4.78 is 41.4. The summed E-state index contributed by atoms with van der Waals surface area (Å²) in [6.45, 7) is 3.38. The number of halogens is 3. The first-order chi connectivity index (χ1) is 7.37. The maximum atomic E-state index is 12.1. The van der Waals surface area contributed by atoms with E-state index >= 15 is 0 Å². The van der Waals surface area contributed by atoms with Crippen molar-refractivity contribution in [3.8, 4) is 0 Å². The fourth-order valence-electron chi connectivity index (χ4n) is 1.68. The number of alkyl halides is 3. The van der Waals surface area contributed by atoms with Crippen molar-refractivity contribution in [3.63, 3.8) is 0 Å². The largest absolute Gasteiger partial charge is 0.469 e. The smallest absolute Gasteiger partial charge is 0.390 e. The van der Waals surface area contributed by atoms with E-state index in [1.807, 2.05) is 13.0 Å². The van der Waals surface area contributed by atoms with E-state index in [1.54, 1.807) is 12.3 Å². The lowest BCUT2D eigenvalue weighted by atomic mass is 10.1. The molecule has 2 nitrogen and oxygen atoms in total. The zero-order valence-electron chi connectivity index (χ0n) is 9.34. The van der Waals surface area contributed by atoms with Gasteiger partial charge in [0.2, 0.25) is 0 Å². The van der Waals surface area contributed by atoms with Crippen LogP contribution in [0.15, 0.2) is 22.8 Å². The minimum Gasteiger partial charge on any atom is -0.469 e. The molecule has 0 saturated carbocycles. The van der Waals surface area contributed by atoms with Gasteiger partial charge in [0.1, 0.15) is 5.76 Å². The predicted octanol–water partition coefficient (Wildman–Crippen LogP) is 3.14. The molecule has 0 aliphatic heterocycles. The van der Waals surface area contributed by atoms with Crippen LogP contribution in [0.1, 0.15) is 26.0 Å². The molecule has 0 radical (unpaired) electrons. The molecule has 0 saturated heterocycles. The van der Waals surface area contributed by atoms with E-state index in [4.69, 9.17) is 4.42 Å². The lowest BCUT2D eigenvalue weighted by Crippen LogP contribution is -2.38. The molecule has 1 rings (SSSR count). The van der Waals surface area contributed by atoms with Crippen molar-refractivity contribution in [1.82, 2.24) is 5.32 Å². The van der Waals surface area contributed by atoms with Gasteiger partial charge >= 0.3 is 6.18 Å². The van der Waals surface area contributed by atoms with E-state index in [2.05, 4.69) is 5.32 Å². The van der Waals surface area contributed by atoms with Gasteiger partial charge in [0.15, 0.2) is 0 Å². The molecular weight excluding hydrogens is 219 g/mol. The fourth-order valence-corrected chi connectivity index (χ4v) is 1.68. The van der Waals surface area contributed by atoms with Crippen molar-refractivity contribution in [2.24, 2.45) is 0 Å². The molecule has 1 aromatic rings. The van der Waals surface area contributed by atoms with Crippen LogP contribution in [0.25, 0.3) is 0 Å². The van der Waals surface area contributed by atoms with Crippen molar-refractivity contribution in [2.75, 3.05) is 0 Å². The van der Waals surface area contributed by atoms with E-state index in [0.29, 0.717) is 6.42 Å². The van der Waals surface area contributed by atoms with Crippen molar-refractivity contribution >= 4 is 0 Å². The number of hydrogen-bond donors (Lipinski definition) is 1. The van der Waals surface area contributed by atoms with Gasteiger partial charge in [0.25, 0.3) is 0 Å². The zero-order chi connectivity index (χ0) is 12.2. The summed E-state index contributed by atoms with van der Waals surface area (Å²) in [5.74, 6) is 0.777. The summed E-state index contributed by atoms with van der Waals surface area (Å²) >= 11 is 0. The second kappa shape index (κ2) is 5.39. The van der Waals surface area contributed by atoms with Crippen LogP contribution in [0.4, 0.5) is 13.2 Å². The molecule has 0 fully saturated rings. The third-order valence-corrected chi connectivity index (χ3v) is 2.19. The monoisotopic (exact) mass is 235 g/mol. The van der Waals surface area contributed by atoms with E-state index in [-0.39, 0.29) is 6.04 Å². The number of hydrogen-bond acceptors (Lipinski definition) is 2. The average molecular weight is 235 g/mol. The van der Waals surface area contributed by atoms with Gasteiger partial charge in [-0.25, -0.2) is 0 Å². The Bertz CT molecular complexity index is 295. The summed E-state index contributed by atoms with van der Waals surface area (Å²) in [6.07, 6.45) is -2.78. The normalized spacial score (nSPS) is 16.1. The minimum absolute atomic E-state index is 0.0384. The Hall–Kier alpha value is -0.970. The first-order valence-corrected chi connectivity index (χ1v) is 5.22. The molecule has 5 heteroatoms. The van der Waals surface area contributed by atoms with E-state index < -0.39 is 18.6 Å². The molecular formula is C11H16F3NO. The molecule has 0 aliphatic rings. The molecule has 1 heterocycles. The molecule has 0 aromatic carbocycles. The van der Waals surface area contributed by atoms with Crippen LogP contribution >= 0.6 is 0 Å². The van der Waals surface area contributed by atoms with Crippen LogP contribution in [0.3, 0.4) is 0 Å². The first kappa shape index (κ1) is 13.1. The molecule has 0 bridgehead atoms. The third kappa shape index (κ3) is 5.21. The summed E-state index contributed by atoms with van der Waals surface area (Å²) in [7, 11) is 0. The Balaban J connectivity index is 2.31. The molecule has 16 heavy (non-hydrogen) atoms. The van der Waals surface area contributed by atoms with Gasteiger partial charge in [-0.1, -0.05) is 0 Å². The van der Waals surface area contributed by atoms with Crippen LogP contribution in [0, 0.1) is 0 Å². The quantitative estimate of drug-likeness (QED) is 0.848. The molecule has 0 aliphatic carbocycles. The summed E-state index contributed by atoms with van der Waals surface area (Å²) in [5.41, 5.74) is 0. The second-order valence-electron chi connectivity index (χ2n) is 4.07. The van der Waals surface area contributed by atoms with E-state index in [1.165, 1.54) is 6.92 Å². The van der Waals surface area contributed by atoms with Crippen LogP contribution in [0.2, 0.25) is 0 Å². The highest BCUT2D eigenvalue weighted by molar-refractivity contribution is 5.00. The summed E-state index contributed by atoms with van der Waals surface area (Å²) in [5, 5.41) is 2.89. The summed E-state index contributed by atoms with van der Waals surface area (Å²) in [6, 6.07) is 2.96. The maximum absolute atomic E-state index is 12.1. The SMILES string of the molecule is CC(Cc1ccco1)NC(C)CC(F)(F)F. The van der Waals surface area contributed by atoms with Crippen molar-refractivity contribution < 1.29 is 17.6 Å². The summed E-state index contributed by atoms with van der Waals surface area (Å²) in [4.78, 5) is 0. The van der Waals surface area contributed by atoms with Crippen molar-refractivity contribution in [2.45, 2.75) is 44.9 Å². The highest BCUT2D eigenvalue weighted by Gasteiger charge is 2.30. The Morgan fingerprint density at radius 1 is 1.31 bits per heavy atom. The highest BCUT2D eigenvalue weighted by Crippen LogP contribution is 2.21. The van der Waals surface area contributed by atoms with Crippen LogP contribution in [-0.4, -0.2) is 18.3 Å². The highest BCUT2D eigenvalue weighted by atomic mass is 19.4. The molecule has 92 valence electrons. The second-order valence-corrected chi connectivity index (χ2v) is 4.07. The minimum atomic E-state index is -4.11. The third-order valence-electron chi connectivity index (χ3n) is 2.19. The van der Waals surface area contributed by atoms with Gasteiger partial charge < -0.3 is 9.73 Å². The predicted molar refractivity (Wildman–Crippen MR) is 55.1 cm³/mol. The lowest BCUT2D eigenvalue weighted by Gasteiger charge is -2.20. The van der Waals surface area contributed by atoms with Gasteiger partial charge in [-0.05, 0) is 26.0 Å². The first-order valence-electron chi connectivity index (χ1n) is 5.22. The van der Waals surface area contributed by atoms with Crippen LogP contribution in [-0.2, 0) is 6.42 Å². The Morgan fingerprint density at radius 2 is 2.00 bits per heavy atom. The Kier molecular flexibility index (Phi) is 4.41. The van der Waals surface area contributed by atoms with Gasteiger partial charge in [0, 0.05) is 18.5 Å². The zero-order valence-corrected chi connectivity index (χ0v) is 9.34. The number of furan rings is 1. The fraction of sp³-hybridized carbons (Fsp3) is 0.636. The molecule has 2 unspecified atom stereocenters. The van der Waals surface area contributed by atoms with Crippen molar-refractivity contribution in [1.29, 1.82) is 0 Å². The van der Waals surface area contributed by atoms with E-state index in [9.17, 15) is 13.2 Å². The molecule has 1 aromatic heterocycles. The standard InChI is InChI=1S/C11H16F3NO/c1-8(6-10-4-3-5-16-10)15-9(2)7-11(12,13)14/h3-5,8-9,15H,6-7H2,1-2H3. The molecule has 1 N–H and O–H groups in total. The molecule has 2 atom stereocenters. The van der Waals surface area contributed by atoms with Gasteiger partial charge in [0.05, 0.1) is 12.7 Å². The lowest BCUT2D eigenvalue weighted by molar-refractivity contribution is -0.139. The maximum Gasteiger partial charge on any atom is 0.390 e. The van der Waals surface area contributed by atoms with Crippen LogP contribution in [0.5, 0.6) is 0 Å². The Labute approximate surface area is 92.8 Å².